The van der Waals surface area contributed by atoms with Crippen molar-refractivity contribution < 1.29 is 23.5 Å². The molecule has 2 N–H and O–H groups in total. The smallest absolute Gasteiger partial charge is 0.257 e. The molecule has 0 unspecified atom stereocenters. The third-order valence-electron chi connectivity index (χ3n) is 7.26. The van der Waals surface area contributed by atoms with Crippen molar-refractivity contribution in [1.82, 2.24) is 4.90 Å². The van der Waals surface area contributed by atoms with Crippen molar-refractivity contribution in [1.29, 1.82) is 0 Å². The first kappa shape index (κ1) is 26.9. The molecule has 202 valence electrons. The molecule has 0 aromatic heterocycles. The van der Waals surface area contributed by atoms with Crippen LogP contribution in [0.25, 0.3) is 0 Å². The maximum absolute atomic E-state index is 13.9. The number of methoxy groups -OCH3 is 1. The monoisotopic (exact) mass is 593 g/mol. The van der Waals surface area contributed by atoms with Crippen LogP contribution in [0.15, 0.2) is 65.1 Å². The fourth-order valence-electron chi connectivity index (χ4n) is 4.79. The zero-order valence-corrected chi connectivity index (χ0v) is 23.1. The number of piperidine rings is 1. The highest BCUT2D eigenvalue weighted by Crippen LogP contribution is 2.33. The quantitative estimate of drug-likeness (QED) is 0.340. The molecule has 0 spiro atoms. The van der Waals surface area contributed by atoms with Gasteiger partial charge in [0.25, 0.3) is 11.8 Å². The molecule has 3 aromatic carbocycles. The molecule has 9 heteroatoms. The van der Waals surface area contributed by atoms with Crippen LogP contribution in [-0.2, 0) is 4.79 Å². The Morgan fingerprint density at radius 1 is 0.897 bits per heavy atom. The minimum absolute atomic E-state index is 0.0333. The second kappa shape index (κ2) is 11.6. The van der Waals surface area contributed by atoms with Crippen molar-refractivity contribution in [2.24, 2.45) is 5.92 Å². The first-order valence-electron chi connectivity index (χ1n) is 13.0. The van der Waals surface area contributed by atoms with E-state index in [9.17, 15) is 18.8 Å². The first-order chi connectivity index (χ1) is 18.8. The van der Waals surface area contributed by atoms with Gasteiger partial charge in [-0.15, -0.1) is 0 Å². The summed E-state index contributed by atoms with van der Waals surface area (Å²) in [6.45, 7) is 1.16. The van der Waals surface area contributed by atoms with Gasteiger partial charge < -0.3 is 20.3 Å². The van der Waals surface area contributed by atoms with Crippen LogP contribution in [-0.4, -0.2) is 42.8 Å². The molecule has 1 aliphatic carbocycles. The molecule has 5 rings (SSSR count). The number of benzene rings is 3. The van der Waals surface area contributed by atoms with Gasteiger partial charge in [0.1, 0.15) is 11.6 Å². The van der Waals surface area contributed by atoms with Gasteiger partial charge in [0.15, 0.2) is 0 Å². The largest absolute Gasteiger partial charge is 0.496 e. The normalized spacial score (nSPS) is 15.5. The molecule has 3 aromatic rings. The lowest BCUT2D eigenvalue weighted by Crippen LogP contribution is -2.38. The number of ether oxygens (including phenoxy) is 1. The van der Waals surface area contributed by atoms with E-state index in [1.165, 1.54) is 19.2 Å². The zero-order valence-electron chi connectivity index (χ0n) is 21.5. The summed E-state index contributed by atoms with van der Waals surface area (Å²) in [4.78, 5) is 39.5. The van der Waals surface area contributed by atoms with Crippen LogP contribution in [0, 0.1) is 11.7 Å². The van der Waals surface area contributed by atoms with Crippen molar-refractivity contribution >= 4 is 45.0 Å². The number of halogens is 2. The van der Waals surface area contributed by atoms with Gasteiger partial charge in [-0.3, -0.25) is 14.4 Å². The molecule has 2 aliphatic rings. The zero-order chi connectivity index (χ0) is 27.5. The molecule has 1 saturated heterocycles. The van der Waals surface area contributed by atoms with Gasteiger partial charge in [0.05, 0.1) is 17.1 Å². The van der Waals surface area contributed by atoms with Gasteiger partial charge in [-0.25, -0.2) is 4.39 Å². The van der Waals surface area contributed by atoms with Gasteiger partial charge in [-0.1, -0.05) is 12.1 Å². The van der Waals surface area contributed by atoms with E-state index < -0.39 is 5.82 Å². The number of anilines is 2. The molecule has 0 radical (unpaired) electrons. The number of likely N-dealkylation sites (tertiary alicyclic amines) is 1. The Balaban J connectivity index is 1.14. The van der Waals surface area contributed by atoms with E-state index in [-0.39, 0.29) is 33.9 Å². The molecule has 1 aliphatic heterocycles. The van der Waals surface area contributed by atoms with Crippen LogP contribution in [0.2, 0.25) is 0 Å². The molecular weight excluding hydrogens is 565 g/mol. The molecular formula is C30H29BrFN3O4. The highest BCUT2D eigenvalue weighted by molar-refractivity contribution is 9.10. The summed E-state index contributed by atoms with van der Waals surface area (Å²) in [7, 11) is 1.42. The second-order valence-electron chi connectivity index (χ2n) is 9.95. The highest BCUT2D eigenvalue weighted by Gasteiger charge is 2.30. The van der Waals surface area contributed by atoms with Crippen LogP contribution in [0.3, 0.4) is 0 Å². The van der Waals surface area contributed by atoms with Crippen LogP contribution < -0.4 is 15.4 Å². The van der Waals surface area contributed by atoms with Crippen LogP contribution in [0.1, 0.15) is 57.9 Å². The van der Waals surface area contributed by atoms with Crippen molar-refractivity contribution in [3.63, 3.8) is 0 Å². The van der Waals surface area contributed by atoms with E-state index in [1.54, 1.807) is 29.2 Å². The number of nitrogens with one attached hydrogen (secondary N) is 2. The second-order valence-corrected chi connectivity index (χ2v) is 10.8. The Morgan fingerprint density at radius 2 is 1.51 bits per heavy atom. The third kappa shape index (κ3) is 6.30. The summed E-state index contributed by atoms with van der Waals surface area (Å²) in [5.74, 6) is -0.213. The van der Waals surface area contributed by atoms with Crippen molar-refractivity contribution in [3.8, 4) is 5.75 Å². The summed E-state index contributed by atoms with van der Waals surface area (Å²) in [5.41, 5.74) is 3.37. The maximum Gasteiger partial charge on any atom is 0.257 e. The Morgan fingerprint density at radius 3 is 2.13 bits per heavy atom. The van der Waals surface area contributed by atoms with Gasteiger partial charge in [-0.05, 0) is 95.6 Å². The van der Waals surface area contributed by atoms with Crippen LogP contribution in [0.4, 0.5) is 15.8 Å². The van der Waals surface area contributed by atoms with E-state index in [1.807, 2.05) is 24.3 Å². The van der Waals surface area contributed by atoms with E-state index in [0.717, 1.165) is 31.2 Å². The number of hydrogen-bond donors (Lipinski definition) is 2. The molecule has 0 bridgehead atoms. The number of carbonyl (C=O) groups is 3. The highest BCUT2D eigenvalue weighted by atomic mass is 79.9. The van der Waals surface area contributed by atoms with E-state index in [2.05, 4.69) is 26.6 Å². The van der Waals surface area contributed by atoms with E-state index >= 15 is 0 Å². The minimum Gasteiger partial charge on any atom is -0.496 e. The number of rotatable bonds is 7. The summed E-state index contributed by atoms with van der Waals surface area (Å²) in [6, 6.07) is 17.3. The lowest BCUT2D eigenvalue weighted by atomic mass is 9.89. The van der Waals surface area contributed by atoms with Gasteiger partial charge >= 0.3 is 0 Å². The molecule has 0 atom stereocenters. The maximum atomic E-state index is 13.9. The van der Waals surface area contributed by atoms with Crippen molar-refractivity contribution in [2.45, 2.75) is 31.6 Å². The minimum atomic E-state index is -0.478. The summed E-state index contributed by atoms with van der Waals surface area (Å²) in [5, 5.41) is 5.78. The van der Waals surface area contributed by atoms with Crippen LogP contribution >= 0.6 is 15.9 Å². The van der Waals surface area contributed by atoms with Crippen molar-refractivity contribution in [2.75, 3.05) is 30.8 Å². The Bertz CT molecular complexity index is 1380. The SMILES string of the molecule is COc1cc(F)c(Br)cc1C(=O)N1CCC(c2ccc(NC(=O)c3ccc(NC(=O)C4CC4)cc3)cc2)CC1. The predicted octanol–water partition coefficient (Wildman–Crippen LogP) is 6.22. The standard InChI is InChI=1S/C30H29BrFN3O4/c1-39-27-17-26(32)25(31)16-24(27)30(38)35-14-12-19(13-15-35)18-4-8-22(9-5-18)33-29(37)21-6-10-23(11-7-21)34-28(36)20-2-3-20/h4-11,16-17,19-20H,2-3,12-15H2,1H3,(H,33,37)(H,34,36). The Labute approximate surface area is 234 Å². The summed E-state index contributed by atoms with van der Waals surface area (Å²) >= 11 is 3.15. The number of amides is 3. The van der Waals surface area contributed by atoms with E-state index in [0.29, 0.717) is 41.5 Å². The topological polar surface area (TPSA) is 87.7 Å². The number of carbonyl (C=O) groups excluding carboxylic acids is 3. The Hall–Kier alpha value is -3.72. The Kier molecular flexibility index (Phi) is 7.97. The predicted molar refractivity (Wildman–Crippen MR) is 151 cm³/mol. The molecule has 39 heavy (non-hydrogen) atoms. The average Bonchev–Trinajstić information content (AvgIpc) is 3.81. The molecule has 3 amide bonds. The van der Waals surface area contributed by atoms with E-state index in [4.69, 9.17) is 4.74 Å². The molecule has 1 saturated carbocycles. The van der Waals surface area contributed by atoms with Crippen molar-refractivity contribution in [3.05, 3.63) is 87.6 Å². The summed E-state index contributed by atoms with van der Waals surface area (Å²) in [6.07, 6.45) is 3.47. The molecule has 7 nitrogen and oxygen atoms in total. The van der Waals surface area contributed by atoms with Gasteiger partial charge in [-0.2, -0.15) is 0 Å². The number of nitrogens with zero attached hydrogens (tertiary/aromatic N) is 1. The first-order valence-corrected chi connectivity index (χ1v) is 13.8. The third-order valence-corrected chi connectivity index (χ3v) is 7.87. The summed E-state index contributed by atoms with van der Waals surface area (Å²) < 4.78 is 19.3. The fourth-order valence-corrected chi connectivity index (χ4v) is 5.13. The van der Waals surface area contributed by atoms with Gasteiger partial charge in [0, 0.05) is 42.0 Å². The average molecular weight is 594 g/mol. The fraction of sp³-hybridized carbons (Fsp3) is 0.300. The lowest BCUT2D eigenvalue weighted by Gasteiger charge is -2.32. The lowest BCUT2D eigenvalue weighted by molar-refractivity contribution is -0.117. The molecule has 1 heterocycles. The number of hydrogen-bond acceptors (Lipinski definition) is 4. The van der Waals surface area contributed by atoms with Gasteiger partial charge in [0.2, 0.25) is 5.91 Å². The van der Waals surface area contributed by atoms with Crippen LogP contribution in [0.5, 0.6) is 5.75 Å². The molecule has 2 fully saturated rings.